The van der Waals surface area contributed by atoms with Gasteiger partial charge >= 0.3 is 18.1 Å². The summed E-state index contributed by atoms with van der Waals surface area (Å²) < 4.78 is 20.5. The lowest BCUT2D eigenvalue weighted by Gasteiger charge is -2.34. The molecule has 9 saturated carbocycles. The van der Waals surface area contributed by atoms with Gasteiger partial charge in [0.1, 0.15) is 24.1 Å². The smallest absolute Gasteiger partial charge is 0.462 e. The van der Waals surface area contributed by atoms with Gasteiger partial charge in [0, 0.05) is 25.7 Å². The monoisotopic (exact) mass is 795 g/mol. The number of hydrogen-bond donors (Lipinski definition) is 0. The Balaban J connectivity index is 0.000000116. The minimum Gasteiger partial charge on any atom is -0.462 e. The number of hydrogen-bond acceptors (Lipinski definition) is 8. The number of methoxy groups -OCH3 is 1. The van der Waals surface area contributed by atoms with E-state index in [4.69, 9.17) is 14.2 Å². The molecule has 0 N–H and O–H groups in total. The van der Waals surface area contributed by atoms with Crippen molar-refractivity contribution in [3.63, 3.8) is 0 Å². The summed E-state index contributed by atoms with van der Waals surface area (Å²) in [4.78, 5) is 44.8. The van der Waals surface area contributed by atoms with Crippen molar-refractivity contribution in [3.05, 3.63) is 0 Å². The molecule has 0 aromatic heterocycles. The first-order chi connectivity index (χ1) is 27.1. The average Bonchev–Trinajstić information content (AvgIpc) is 4.04. The number of fused-ring (bicyclic) bond motifs is 8. The van der Waals surface area contributed by atoms with E-state index in [2.05, 4.69) is 60.1 Å². The summed E-state index contributed by atoms with van der Waals surface area (Å²) in [6.07, 6.45) is 15.1. The van der Waals surface area contributed by atoms with Crippen molar-refractivity contribution in [2.45, 2.75) is 164 Å². The molecule has 1 saturated heterocycles. The van der Waals surface area contributed by atoms with Crippen molar-refractivity contribution in [2.75, 3.05) is 7.11 Å². The molecule has 8 nitrogen and oxygen atoms in total. The molecule has 0 aromatic carbocycles. The van der Waals surface area contributed by atoms with Crippen LogP contribution in [0.15, 0.2) is 0 Å². The van der Waals surface area contributed by atoms with Crippen molar-refractivity contribution in [1.29, 1.82) is 0 Å². The van der Waals surface area contributed by atoms with E-state index in [1.54, 1.807) is 0 Å². The third-order valence-corrected chi connectivity index (χ3v) is 19.6. The maximum atomic E-state index is 11.8. The highest BCUT2D eigenvalue weighted by Crippen LogP contribution is 2.59. The van der Waals surface area contributed by atoms with Gasteiger partial charge in [-0.2, -0.15) is 0 Å². The summed E-state index contributed by atoms with van der Waals surface area (Å²) in [7, 11) is 1.36. The van der Waals surface area contributed by atoms with Crippen LogP contribution in [0.4, 0.5) is 4.79 Å². The molecule has 8 heteroatoms. The van der Waals surface area contributed by atoms with Gasteiger partial charge < -0.3 is 18.9 Å². The second kappa shape index (κ2) is 17.5. The molecule has 0 aromatic rings. The largest absolute Gasteiger partial charge is 0.508 e. The first kappa shape index (κ1) is 43.0. The highest BCUT2D eigenvalue weighted by Gasteiger charge is 2.54. The standard InChI is InChI=1S/C14H22O.C13H20O2.C11H18O3.C11H18O2/c1-8-9(2)12-6-10(8)7-13(12)11-4-3-5-14(11)15;1-7-8(2)10-5-9(7)6-11(10)12-3-4-13(14)15-12;1-6-7(2)9-4-8(6)5-10(9)14-11(12)13-3;1-6-7(2)10-4-9(6)5-11(10)13-8(3)12/h8-13H,3-7H2,1-2H3;7-12H,3-6H2,1-2H3;6-10H,4-5H2,1-3H3;6-7,9-11H,4-5H2,1-3H3. The van der Waals surface area contributed by atoms with Crippen molar-refractivity contribution >= 4 is 23.9 Å². The van der Waals surface area contributed by atoms with Crippen LogP contribution in [0.1, 0.15) is 146 Å². The van der Waals surface area contributed by atoms with Crippen LogP contribution >= 0.6 is 0 Å². The Morgan fingerprint density at radius 1 is 0.526 bits per heavy atom. The molecule has 10 aliphatic rings. The Kier molecular flexibility index (Phi) is 13.2. The lowest BCUT2D eigenvalue weighted by Crippen LogP contribution is -2.32. The van der Waals surface area contributed by atoms with Gasteiger partial charge in [0.25, 0.3) is 0 Å². The zero-order valence-corrected chi connectivity index (χ0v) is 37.2. The molecular formula is C49H78O8. The van der Waals surface area contributed by atoms with E-state index >= 15 is 0 Å². The van der Waals surface area contributed by atoms with Crippen molar-refractivity contribution in [3.8, 4) is 0 Å². The zero-order chi connectivity index (χ0) is 41.0. The van der Waals surface area contributed by atoms with Gasteiger partial charge in [0.15, 0.2) is 0 Å². The lowest BCUT2D eigenvalue weighted by molar-refractivity contribution is -0.150. The normalized spacial score (nSPS) is 50.4. The number of carbonyl (C=O) groups excluding carboxylic acids is 4. The fourth-order valence-electron chi connectivity index (χ4n) is 15.4. The summed E-state index contributed by atoms with van der Waals surface area (Å²) in [5.41, 5.74) is 0. The van der Waals surface area contributed by atoms with Crippen molar-refractivity contribution in [1.82, 2.24) is 0 Å². The van der Waals surface area contributed by atoms with Gasteiger partial charge in [-0.25, -0.2) is 4.79 Å². The van der Waals surface area contributed by atoms with E-state index in [1.807, 2.05) is 0 Å². The van der Waals surface area contributed by atoms with Crippen LogP contribution in [0, 0.1) is 112 Å². The van der Waals surface area contributed by atoms with Crippen LogP contribution in [0.2, 0.25) is 0 Å². The van der Waals surface area contributed by atoms with Gasteiger partial charge in [-0.05, 0) is 177 Å². The number of rotatable bonds is 4. The third-order valence-electron chi connectivity index (χ3n) is 19.6. The third kappa shape index (κ3) is 8.47. The Hall–Kier alpha value is -2.12. The molecule has 9 aliphatic carbocycles. The van der Waals surface area contributed by atoms with Crippen LogP contribution in [0.5, 0.6) is 0 Å². The predicted molar refractivity (Wildman–Crippen MR) is 219 cm³/mol. The fourth-order valence-corrected chi connectivity index (χ4v) is 15.4. The number of ketones is 1. The summed E-state index contributed by atoms with van der Waals surface area (Å²) in [6, 6.07) is 0. The molecule has 322 valence electrons. The second-order valence-electron chi connectivity index (χ2n) is 21.6. The maximum Gasteiger partial charge on any atom is 0.508 e. The zero-order valence-electron chi connectivity index (χ0n) is 37.2. The molecule has 57 heavy (non-hydrogen) atoms. The van der Waals surface area contributed by atoms with E-state index in [0.717, 1.165) is 109 Å². The van der Waals surface area contributed by atoms with E-state index in [1.165, 1.54) is 65.4 Å². The molecule has 10 rings (SSSR count). The van der Waals surface area contributed by atoms with Gasteiger partial charge in [0.05, 0.1) is 7.11 Å². The highest BCUT2D eigenvalue weighted by molar-refractivity contribution is 5.83. The molecule has 8 bridgehead atoms. The van der Waals surface area contributed by atoms with Crippen LogP contribution in [-0.2, 0) is 33.3 Å². The summed E-state index contributed by atoms with van der Waals surface area (Å²) >= 11 is 0. The first-order valence-electron chi connectivity index (χ1n) is 23.7. The van der Waals surface area contributed by atoms with E-state index in [-0.39, 0.29) is 30.3 Å². The number of carbonyl (C=O) groups is 4. The highest BCUT2D eigenvalue weighted by atomic mass is 16.7. The molecule has 22 atom stereocenters. The fraction of sp³-hybridized carbons (Fsp3) is 0.918. The predicted octanol–water partition coefficient (Wildman–Crippen LogP) is 10.6. The van der Waals surface area contributed by atoms with Gasteiger partial charge in [-0.15, -0.1) is 0 Å². The van der Waals surface area contributed by atoms with E-state index in [0.29, 0.717) is 41.8 Å². The summed E-state index contributed by atoms with van der Waals surface area (Å²) in [5, 5.41) is 0. The molecule has 22 unspecified atom stereocenters. The average molecular weight is 795 g/mol. The minimum atomic E-state index is -0.526. The van der Waals surface area contributed by atoms with E-state index in [9.17, 15) is 19.2 Å². The molecule has 0 radical (unpaired) electrons. The number of ether oxygens (including phenoxy) is 4. The van der Waals surface area contributed by atoms with Crippen molar-refractivity contribution in [2.24, 2.45) is 112 Å². The lowest BCUT2D eigenvalue weighted by atomic mass is 9.70. The van der Waals surface area contributed by atoms with Crippen LogP contribution in [0.25, 0.3) is 0 Å². The van der Waals surface area contributed by atoms with Crippen LogP contribution < -0.4 is 0 Å². The quantitative estimate of drug-likeness (QED) is 0.205. The maximum absolute atomic E-state index is 11.8. The first-order valence-corrected chi connectivity index (χ1v) is 23.7. The van der Waals surface area contributed by atoms with Gasteiger partial charge in [0.2, 0.25) is 0 Å². The molecule has 1 heterocycles. The SMILES string of the molecule is CC(=O)OC1CC2CC1C(C)C2C.CC1C2CC(C3CCC(=O)O3)C(C2)C1C.CC1C2CC(C3CCCC3=O)C(C2)C1C.COC(=O)OC1CC2CC1C(C)C2C. The molecule has 0 spiro atoms. The number of cyclic esters (lactones) is 1. The Morgan fingerprint density at radius 2 is 0.965 bits per heavy atom. The molecule has 10 fully saturated rings. The number of Topliss-reactive ketones (excluding diaryl/α,β-unsaturated/α-hetero) is 1. The summed E-state index contributed by atoms with van der Waals surface area (Å²) in [5.74, 6) is 15.4. The molecule has 0 amide bonds. The summed E-state index contributed by atoms with van der Waals surface area (Å²) in [6.45, 7) is 20.3. The Labute approximate surface area is 344 Å². The Morgan fingerprint density at radius 3 is 1.35 bits per heavy atom. The van der Waals surface area contributed by atoms with Gasteiger partial charge in [-0.3, -0.25) is 14.4 Å². The van der Waals surface area contributed by atoms with Crippen molar-refractivity contribution < 1.29 is 38.1 Å². The molecule has 1 aliphatic heterocycles. The minimum absolute atomic E-state index is 0.0310. The van der Waals surface area contributed by atoms with Crippen LogP contribution in [0.3, 0.4) is 0 Å². The number of esters is 2. The van der Waals surface area contributed by atoms with Gasteiger partial charge in [-0.1, -0.05) is 55.4 Å². The van der Waals surface area contributed by atoms with E-state index < -0.39 is 6.16 Å². The Bertz CT molecular complexity index is 1450. The van der Waals surface area contributed by atoms with Crippen LogP contribution in [-0.4, -0.2) is 49.3 Å². The molecular weight excluding hydrogens is 717 g/mol. The topological polar surface area (TPSA) is 105 Å². The second-order valence-corrected chi connectivity index (χ2v) is 21.6.